The first-order chi connectivity index (χ1) is 9.58. The van der Waals surface area contributed by atoms with Gasteiger partial charge in [0.2, 0.25) is 0 Å². The van der Waals surface area contributed by atoms with Gasteiger partial charge < -0.3 is 5.32 Å². The van der Waals surface area contributed by atoms with Crippen molar-refractivity contribution >= 4 is 11.8 Å². The number of aryl methyl sites for hydroxylation is 1. The number of benzene rings is 1. The quantitative estimate of drug-likeness (QED) is 0.682. The zero-order valence-electron chi connectivity index (χ0n) is 13.8. The lowest BCUT2D eigenvalue weighted by Gasteiger charge is -2.22. The van der Waals surface area contributed by atoms with Gasteiger partial charge in [-0.3, -0.25) is 0 Å². The topological polar surface area (TPSA) is 12.0 Å². The molecule has 0 spiro atoms. The fourth-order valence-corrected chi connectivity index (χ4v) is 3.21. The number of nitrogens with one attached hydrogen (secondary N) is 1. The third kappa shape index (κ3) is 5.88. The highest BCUT2D eigenvalue weighted by molar-refractivity contribution is 7.99. The first-order valence-corrected chi connectivity index (χ1v) is 9.07. The highest BCUT2D eigenvalue weighted by Gasteiger charge is 2.14. The van der Waals surface area contributed by atoms with Crippen molar-refractivity contribution in [1.82, 2.24) is 5.32 Å². The second-order valence-corrected chi connectivity index (χ2v) is 7.29. The van der Waals surface area contributed by atoms with E-state index in [4.69, 9.17) is 0 Å². The summed E-state index contributed by atoms with van der Waals surface area (Å²) in [6.07, 6.45) is 2.31. The van der Waals surface area contributed by atoms with Crippen molar-refractivity contribution in [3.63, 3.8) is 0 Å². The van der Waals surface area contributed by atoms with Crippen LogP contribution in [0.5, 0.6) is 0 Å². The van der Waals surface area contributed by atoms with Crippen LogP contribution in [0.2, 0.25) is 0 Å². The molecule has 1 aromatic carbocycles. The number of thioether (sulfide) groups is 1. The molecule has 2 heteroatoms. The summed E-state index contributed by atoms with van der Waals surface area (Å²) in [6, 6.07) is 9.62. The van der Waals surface area contributed by atoms with Crippen molar-refractivity contribution in [3.05, 3.63) is 35.4 Å². The van der Waals surface area contributed by atoms with E-state index in [9.17, 15) is 0 Å². The summed E-state index contributed by atoms with van der Waals surface area (Å²) < 4.78 is 0. The maximum Gasteiger partial charge on any atom is 0.0411 e. The fraction of sp³-hybridized carbons (Fsp3) is 0.667. The molecule has 0 saturated carbocycles. The normalized spacial score (nSPS) is 14.5. The average Bonchev–Trinajstić information content (AvgIpc) is 2.47. The molecule has 0 aliphatic heterocycles. The molecule has 114 valence electrons. The van der Waals surface area contributed by atoms with Gasteiger partial charge in [-0.25, -0.2) is 0 Å². The molecule has 0 aliphatic carbocycles. The van der Waals surface area contributed by atoms with Gasteiger partial charge in [-0.15, -0.1) is 0 Å². The summed E-state index contributed by atoms with van der Waals surface area (Å²) in [5, 5.41) is 4.42. The van der Waals surface area contributed by atoms with E-state index in [0.717, 1.165) is 29.9 Å². The van der Waals surface area contributed by atoms with Gasteiger partial charge >= 0.3 is 0 Å². The lowest BCUT2D eigenvalue weighted by atomic mass is 10.0. The highest BCUT2D eigenvalue weighted by Crippen LogP contribution is 2.25. The molecule has 0 saturated heterocycles. The van der Waals surface area contributed by atoms with Crippen molar-refractivity contribution in [2.45, 2.75) is 58.8 Å². The summed E-state index contributed by atoms with van der Waals surface area (Å²) in [4.78, 5) is 0. The zero-order chi connectivity index (χ0) is 15.0. The molecule has 1 rings (SSSR count). The molecule has 0 fully saturated rings. The van der Waals surface area contributed by atoms with Crippen molar-refractivity contribution in [2.75, 3.05) is 12.3 Å². The van der Waals surface area contributed by atoms with Crippen LogP contribution in [0.3, 0.4) is 0 Å². The Labute approximate surface area is 129 Å². The molecular weight excluding hydrogens is 262 g/mol. The van der Waals surface area contributed by atoms with Gasteiger partial charge in [-0.05, 0) is 36.4 Å². The zero-order valence-corrected chi connectivity index (χ0v) is 14.6. The Morgan fingerprint density at radius 2 is 1.70 bits per heavy atom. The summed E-state index contributed by atoms with van der Waals surface area (Å²) in [6.45, 7) is 12.5. The molecule has 1 nitrogen and oxygen atoms in total. The van der Waals surface area contributed by atoms with Crippen molar-refractivity contribution in [3.8, 4) is 0 Å². The molecular formula is C18H31NS. The smallest absolute Gasteiger partial charge is 0.0411 e. The summed E-state index contributed by atoms with van der Waals surface area (Å²) in [5.41, 5.74) is 2.85. The minimum atomic E-state index is 0.479. The molecule has 0 bridgehead atoms. The summed E-state index contributed by atoms with van der Waals surface area (Å²) in [5.74, 6) is 1.90. The molecule has 2 atom stereocenters. The largest absolute Gasteiger partial charge is 0.309 e. The third-order valence-corrected chi connectivity index (χ3v) is 5.49. The van der Waals surface area contributed by atoms with E-state index >= 15 is 0 Å². The maximum atomic E-state index is 3.70. The van der Waals surface area contributed by atoms with E-state index < -0.39 is 0 Å². The Hall–Kier alpha value is -0.470. The van der Waals surface area contributed by atoms with Gasteiger partial charge in [-0.1, -0.05) is 58.9 Å². The van der Waals surface area contributed by atoms with Gasteiger partial charge in [0.25, 0.3) is 0 Å². The number of hydrogen-bond donors (Lipinski definition) is 1. The minimum Gasteiger partial charge on any atom is -0.309 e. The Balaban J connectivity index is 2.66. The van der Waals surface area contributed by atoms with E-state index in [1.807, 2.05) is 0 Å². The SMILES string of the molecule is CCCNC(CSC(C)C(C)C)c1ccc(CC)cc1. The minimum absolute atomic E-state index is 0.479. The molecule has 0 aliphatic rings. The van der Waals surface area contributed by atoms with Crippen LogP contribution in [0.15, 0.2) is 24.3 Å². The highest BCUT2D eigenvalue weighted by atomic mass is 32.2. The van der Waals surface area contributed by atoms with E-state index in [0.29, 0.717) is 6.04 Å². The van der Waals surface area contributed by atoms with E-state index in [2.05, 4.69) is 76.0 Å². The first-order valence-electron chi connectivity index (χ1n) is 8.02. The molecule has 1 aromatic rings. The third-order valence-electron chi connectivity index (χ3n) is 3.90. The van der Waals surface area contributed by atoms with Crippen LogP contribution in [-0.2, 0) is 6.42 Å². The van der Waals surface area contributed by atoms with Crippen LogP contribution in [0, 0.1) is 5.92 Å². The Morgan fingerprint density at radius 3 is 2.20 bits per heavy atom. The molecule has 20 heavy (non-hydrogen) atoms. The van der Waals surface area contributed by atoms with Crippen LogP contribution in [-0.4, -0.2) is 17.5 Å². The Bertz CT molecular complexity index is 358. The second-order valence-electron chi connectivity index (χ2n) is 5.88. The first kappa shape index (κ1) is 17.6. The van der Waals surface area contributed by atoms with Gasteiger partial charge in [0, 0.05) is 17.0 Å². The van der Waals surface area contributed by atoms with E-state index in [1.54, 1.807) is 0 Å². The summed E-state index contributed by atoms with van der Waals surface area (Å²) in [7, 11) is 0. The van der Waals surface area contributed by atoms with Gasteiger partial charge in [0.15, 0.2) is 0 Å². The van der Waals surface area contributed by atoms with Gasteiger partial charge in [0.1, 0.15) is 0 Å². The average molecular weight is 294 g/mol. The fourth-order valence-electron chi connectivity index (χ4n) is 2.02. The van der Waals surface area contributed by atoms with Crippen LogP contribution < -0.4 is 5.32 Å². The predicted molar refractivity (Wildman–Crippen MR) is 93.6 cm³/mol. The second kappa shape index (κ2) is 9.46. The molecule has 0 aromatic heterocycles. The van der Waals surface area contributed by atoms with Gasteiger partial charge in [-0.2, -0.15) is 11.8 Å². The van der Waals surface area contributed by atoms with Crippen molar-refractivity contribution in [2.24, 2.45) is 5.92 Å². The summed E-state index contributed by atoms with van der Waals surface area (Å²) >= 11 is 2.09. The Kier molecular flexibility index (Phi) is 8.32. The van der Waals surface area contributed by atoms with E-state index in [-0.39, 0.29) is 0 Å². The van der Waals surface area contributed by atoms with Crippen LogP contribution in [0.1, 0.15) is 58.2 Å². The van der Waals surface area contributed by atoms with Crippen molar-refractivity contribution < 1.29 is 0 Å². The van der Waals surface area contributed by atoms with Crippen LogP contribution in [0.25, 0.3) is 0 Å². The molecule has 1 N–H and O–H groups in total. The lowest BCUT2D eigenvalue weighted by molar-refractivity contribution is 0.573. The molecule has 0 radical (unpaired) electrons. The molecule has 0 amide bonds. The van der Waals surface area contributed by atoms with E-state index in [1.165, 1.54) is 17.5 Å². The standard InChI is InChI=1S/C18H31NS/c1-6-12-19-18(13-20-15(5)14(3)4)17-10-8-16(7-2)9-11-17/h8-11,14-15,18-19H,6-7,12-13H2,1-5H3. The monoisotopic (exact) mass is 293 g/mol. The van der Waals surface area contributed by atoms with Crippen molar-refractivity contribution in [1.29, 1.82) is 0 Å². The predicted octanol–water partition coefficient (Wildman–Crippen LogP) is 5.07. The Morgan fingerprint density at radius 1 is 1.05 bits per heavy atom. The number of rotatable bonds is 9. The molecule has 2 unspecified atom stereocenters. The number of hydrogen-bond acceptors (Lipinski definition) is 2. The lowest BCUT2D eigenvalue weighted by Crippen LogP contribution is -2.25. The van der Waals surface area contributed by atoms with Crippen LogP contribution in [0.4, 0.5) is 0 Å². The maximum absolute atomic E-state index is 3.70. The molecule has 0 heterocycles. The van der Waals surface area contributed by atoms with Crippen LogP contribution >= 0.6 is 11.8 Å². The van der Waals surface area contributed by atoms with Gasteiger partial charge in [0.05, 0.1) is 0 Å².